The normalized spacial score (nSPS) is 14.1. The number of para-hydroxylation sites is 1. The average molecular weight is 859 g/mol. The van der Waals surface area contributed by atoms with E-state index in [1.54, 1.807) is 0 Å². The molecule has 1 unspecified atom stereocenters. The number of aromatic nitrogens is 1. The summed E-state index contributed by atoms with van der Waals surface area (Å²) < 4.78 is 15.5. The van der Waals surface area contributed by atoms with Crippen LogP contribution in [0.5, 0.6) is 0 Å². The van der Waals surface area contributed by atoms with Crippen LogP contribution < -0.4 is 10.1 Å². The van der Waals surface area contributed by atoms with Crippen LogP contribution in [0.4, 0.5) is 11.4 Å². The molecule has 4 bridgehead atoms. The van der Waals surface area contributed by atoms with Gasteiger partial charge in [-0.05, 0) is 154 Å². The van der Waals surface area contributed by atoms with Crippen LogP contribution >= 0.6 is 0 Å². The van der Waals surface area contributed by atoms with E-state index in [1.165, 1.54) is 92.5 Å². The monoisotopic (exact) mass is 858 g/mol. The van der Waals surface area contributed by atoms with E-state index in [4.69, 9.17) is 8.83 Å². The lowest BCUT2D eigenvalue weighted by molar-refractivity contribution is 0.668. The van der Waals surface area contributed by atoms with E-state index in [1.807, 2.05) is 0 Å². The van der Waals surface area contributed by atoms with Crippen molar-refractivity contribution in [2.24, 2.45) is 0 Å². The molecule has 0 radical (unpaired) electrons. The van der Waals surface area contributed by atoms with Crippen LogP contribution in [0.2, 0.25) is 0 Å². The van der Waals surface area contributed by atoms with Crippen LogP contribution in [0.25, 0.3) is 121 Å². The van der Waals surface area contributed by atoms with E-state index < -0.39 is 0 Å². The molecule has 1 aliphatic rings. The molecule has 0 spiro atoms. The van der Waals surface area contributed by atoms with Crippen molar-refractivity contribution in [3.63, 3.8) is 0 Å². The molecule has 0 fully saturated rings. The Kier molecular flexibility index (Phi) is 7.37. The molecule has 11 aromatic carbocycles. The second-order valence-corrected chi connectivity index (χ2v) is 18.9. The van der Waals surface area contributed by atoms with Crippen molar-refractivity contribution >= 4 is 126 Å². The van der Waals surface area contributed by atoms with Gasteiger partial charge in [-0.3, -0.25) is 0 Å². The number of hydrogen-bond donors (Lipinski definition) is 0. The van der Waals surface area contributed by atoms with Gasteiger partial charge in [0.15, 0.2) is 0 Å². The summed E-state index contributed by atoms with van der Waals surface area (Å²) in [7, 11) is 0. The summed E-state index contributed by atoms with van der Waals surface area (Å²) in [6, 6.07) is 65.6. The SMILES string of the molecule is Cc1ccc2ccc(C)c(N(c3ccc4oc5ccccc5c4c3)C3CC=c4ccc5c(-n6c7ccc8oc9cccc(c%10ccc%11ccc(C)c6c%11c%10)c9c8c7)ccc6ccc3c4c65)c2c1. The molecule has 3 heterocycles. The van der Waals surface area contributed by atoms with Gasteiger partial charge in [0.2, 0.25) is 0 Å². The van der Waals surface area contributed by atoms with Crippen LogP contribution in [0.15, 0.2) is 185 Å². The number of anilines is 2. The van der Waals surface area contributed by atoms with E-state index in [0.717, 1.165) is 67.2 Å². The largest absolute Gasteiger partial charge is 0.456 e. The molecule has 0 saturated carbocycles. The molecule has 14 aromatic rings. The highest BCUT2D eigenvalue weighted by Crippen LogP contribution is 2.48. The van der Waals surface area contributed by atoms with E-state index in [2.05, 4.69) is 212 Å². The van der Waals surface area contributed by atoms with Crippen molar-refractivity contribution in [3.05, 3.63) is 203 Å². The molecule has 316 valence electrons. The Balaban J connectivity index is 1.03. The highest BCUT2D eigenvalue weighted by atomic mass is 16.3. The molecule has 3 aromatic heterocycles. The summed E-state index contributed by atoms with van der Waals surface area (Å²) in [6.07, 6.45) is 3.34. The Labute approximate surface area is 385 Å². The standard InChI is InChI=1S/C63H42N2O2/c1-35-11-14-38-15-12-36(2)62(49(38)31-35)64(43-23-29-56-51(33-43)46-7-4-5-9-55(46)66-56)53-27-21-40-20-26-48-54(28-22-41-19-25-47(53)59(40)60(41)48)65-44-24-30-57-52(34-44)61-45(8-6-10-58(61)67-57)42-18-17-39-16-13-37(3)63(65)50(39)32-42/h4-26,28-34,53H,27H2,1-3H3. The second kappa shape index (κ2) is 13.4. The lowest BCUT2D eigenvalue weighted by atomic mass is 9.85. The number of nitrogens with zero attached hydrogens (tertiary/aromatic N) is 2. The molecule has 15 rings (SSSR count). The highest BCUT2D eigenvalue weighted by molar-refractivity contribution is 6.21. The van der Waals surface area contributed by atoms with Gasteiger partial charge in [0, 0.05) is 48.9 Å². The van der Waals surface area contributed by atoms with Gasteiger partial charge in [0.25, 0.3) is 0 Å². The minimum absolute atomic E-state index is 0.00486. The zero-order chi connectivity index (χ0) is 44.2. The quantitative estimate of drug-likeness (QED) is 0.177. The maximum absolute atomic E-state index is 6.55. The smallest absolute Gasteiger partial charge is 0.136 e. The maximum atomic E-state index is 6.55. The van der Waals surface area contributed by atoms with Gasteiger partial charge >= 0.3 is 0 Å². The number of rotatable bonds is 4. The van der Waals surface area contributed by atoms with E-state index in [-0.39, 0.29) is 6.04 Å². The molecule has 0 amide bonds. The van der Waals surface area contributed by atoms with E-state index in [0.29, 0.717) is 0 Å². The summed E-state index contributed by atoms with van der Waals surface area (Å²) in [4.78, 5) is 2.64. The van der Waals surface area contributed by atoms with Crippen LogP contribution in [0.1, 0.15) is 34.7 Å². The van der Waals surface area contributed by atoms with Gasteiger partial charge in [0.05, 0.1) is 22.9 Å². The lowest BCUT2D eigenvalue weighted by Gasteiger charge is -2.38. The molecule has 0 aliphatic heterocycles. The van der Waals surface area contributed by atoms with Crippen molar-refractivity contribution in [1.82, 2.24) is 4.57 Å². The number of hydrogen-bond acceptors (Lipinski definition) is 3. The number of benzene rings is 11. The molecule has 67 heavy (non-hydrogen) atoms. The van der Waals surface area contributed by atoms with E-state index in [9.17, 15) is 0 Å². The zero-order valence-electron chi connectivity index (χ0n) is 37.3. The summed E-state index contributed by atoms with van der Waals surface area (Å²) >= 11 is 0. The Morgan fingerprint density at radius 3 is 2.13 bits per heavy atom. The van der Waals surface area contributed by atoms with Crippen LogP contribution in [0, 0.1) is 20.8 Å². The Bertz CT molecular complexity index is 4540. The first-order chi connectivity index (χ1) is 32.9. The minimum atomic E-state index is 0.00486. The first-order valence-electron chi connectivity index (χ1n) is 23.4. The van der Waals surface area contributed by atoms with Crippen LogP contribution in [-0.4, -0.2) is 4.57 Å². The predicted molar refractivity (Wildman–Crippen MR) is 282 cm³/mol. The third-order valence-electron chi connectivity index (χ3n) is 15.1. The van der Waals surface area contributed by atoms with E-state index >= 15 is 0 Å². The molecule has 1 aliphatic carbocycles. The number of furan rings is 2. The summed E-state index contributed by atoms with van der Waals surface area (Å²) in [5.41, 5.74) is 14.5. The average Bonchev–Trinajstić information content (AvgIpc) is 3.93. The van der Waals surface area contributed by atoms with Gasteiger partial charge in [-0.25, -0.2) is 0 Å². The summed E-state index contributed by atoms with van der Waals surface area (Å²) in [5.74, 6) is 0. The number of aryl methyl sites for hydroxylation is 3. The third kappa shape index (κ3) is 5.13. The second-order valence-electron chi connectivity index (χ2n) is 18.9. The van der Waals surface area contributed by atoms with Crippen molar-refractivity contribution in [2.75, 3.05) is 4.90 Å². The van der Waals surface area contributed by atoms with Gasteiger partial charge in [-0.2, -0.15) is 0 Å². The first-order valence-corrected chi connectivity index (χ1v) is 23.4. The van der Waals surface area contributed by atoms with Crippen LogP contribution in [0.3, 0.4) is 0 Å². The molecular weight excluding hydrogens is 817 g/mol. The Morgan fingerprint density at radius 1 is 0.463 bits per heavy atom. The molecule has 4 nitrogen and oxygen atoms in total. The molecule has 1 atom stereocenters. The maximum Gasteiger partial charge on any atom is 0.136 e. The van der Waals surface area contributed by atoms with Crippen molar-refractivity contribution in [1.29, 1.82) is 0 Å². The van der Waals surface area contributed by atoms with Crippen molar-refractivity contribution in [2.45, 2.75) is 33.2 Å². The predicted octanol–water partition coefficient (Wildman–Crippen LogP) is 16.9. The topological polar surface area (TPSA) is 34.5 Å². The zero-order valence-corrected chi connectivity index (χ0v) is 37.3. The molecule has 0 saturated heterocycles. The summed E-state index contributed by atoms with van der Waals surface area (Å²) in [5, 5.41) is 18.2. The van der Waals surface area contributed by atoms with Gasteiger partial charge < -0.3 is 18.3 Å². The highest BCUT2D eigenvalue weighted by Gasteiger charge is 2.30. The fourth-order valence-corrected chi connectivity index (χ4v) is 12.1. The fraction of sp³-hybridized carbons (Fsp3) is 0.0794. The van der Waals surface area contributed by atoms with Crippen LogP contribution in [-0.2, 0) is 0 Å². The van der Waals surface area contributed by atoms with Gasteiger partial charge in [0.1, 0.15) is 22.3 Å². The van der Waals surface area contributed by atoms with Crippen molar-refractivity contribution < 1.29 is 8.83 Å². The van der Waals surface area contributed by atoms with Crippen molar-refractivity contribution in [3.8, 4) is 5.69 Å². The van der Waals surface area contributed by atoms with Gasteiger partial charge in [-0.1, -0.05) is 121 Å². The van der Waals surface area contributed by atoms with Gasteiger partial charge in [-0.15, -0.1) is 0 Å². The first kappa shape index (κ1) is 36.9. The Hall–Kier alpha value is -8.34. The molecule has 4 heteroatoms. The minimum Gasteiger partial charge on any atom is -0.456 e. The third-order valence-corrected chi connectivity index (χ3v) is 15.1. The number of fused-ring (bicyclic) bond motifs is 7. The summed E-state index contributed by atoms with van der Waals surface area (Å²) in [6.45, 7) is 6.73. The fourth-order valence-electron chi connectivity index (χ4n) is 12.1. The lowest BCUT2D eigenvalue weighted by Crippen LogP contribution is -2.28. The Morgan fingerprint density at radius 2 is 1.19 bits per heavy atom. The molecular formula is C63H42N2O2. The molecule has 0 N–H and O–H groups in total.